The molecule has 0 saturated heterocycles. The number of ketones is 2. The van der Waals surface area contributed by atoms with Gasteiger partial charge in [0.1, 0.15) is 0 Å². The maximum atomic E-state index is 13.8. The maximum absolute atomic E-state index is 13.8. The standard InChI is InChI=1S/C30H33IO6/c1-18(32)36-17-26(34)30(37-27(35)19-5-4-6-21(31)15-19)14-11-25-23-8-7-20-16-22(33)9-12-28(20,2)24(23)10-13-29(25,30)3/h4-6,10,15-16,23,25H,7-9,11-14,17H2,1-3H3/t23-,25+,28+,29+,30+/m1/s1. The van der Waals surface area contributed by atoms with Crippen molar-refractivity contribution in [2.75, 3.05) is 6.61 Å². The summed E-state index contributed by atoms with van der Waals surface area (Å²) in [5, 5.41) is 0. The monoisotopic (exact) mass is 616 g/mol. The van der Waals surface area contributed by atoms with Gasteiger partial charge in [0.2, 0.25) is 5.78 Å². The van der Waals surface area contributed by atoms with E-state index in [2.05, 4.69) is 42.5 Å². The molecule has 4 aliphatic rings. The Morgan fingerprint density at radius 1 is 1.11 bits per heavy atom. The molecule has 0 radical (unpaired) electrons. The number of benzene rings is 1. The van der Waals surface area contributed by atoms with Crippen LogP contribution in [0.4, 0.5) is 0 Å². The summed E-state index contributed by atoms with van der Waals surface area (Å²) in [6, 6.07) is 7.14. The zero-order chi connectivity index (χ0) is 26.6. The summed E-state index contributed by atoms with van der Waals surface area (Å²) in [6.45, 7) is 5.20. The maximum Gasteiger partial charge on any atom is 0.339 e. The van der Waals surface area contributed by atoms with Crippen LogP contribution in [0, 0.1) is 26.2 Å². The van der Waals surface area contributed by atoms with Crippen molar-refractivity contribution in [3.63, 3.8) is 0 Å². The Kier molecular flexibility index (Phi) is 6.74. The van der Waals surface area contributed by atoms with E-state index in [4.69, 9.17) is 9.47 Å². The van der Waals surface area contributed by atoms with Crippen LogP contribution in [0.15, 0.2) is 47.6 Å². The quantitative estimate of drug-likeness (QED) is 0.237. The van der Waals surface area contributed by atoms with Crippen molar-refractivity contribution >= 4 is 46.1 Å². The molecule has 0 bridgehead atoms. The van der Waals surface area contributed by atoms with Crippen LogP contribution in [-0.2, 0) is 23.9 Å². The van der Waals surface area contributed by atoms with Gasteiger partial charge in [0.25, 0.3) is 0 Å². The Bertz CT molecular complexity index is 1250. The zero-order valence-corrected chi connectivity index (χ0v) is 23.8. The molecule has 4 aliphatic carbocycles. The number of carbonyl (C=O) groups is 4. The summed E-state index contributed by atoms with van der Waals surface area (Å²) in [4.78, 5) is 51.0. The van der Waals surface area contributed by atoms with Crippen LogP contribution in [0.3, 0.4) is 0 Å². The average Bonchev–Trinajstić information content (AvgIpc) is 3.16. The minimum absolute atomic E-state index is 0.122. The van der Waals surface area contributed by atoms with Crippen molar-refractivity contribution in [1.29, 1.82) is 0 Å². The summed E-state index contributed by atoms with van der Waals surface area (Å²) in [5.74, 6) is -0.801. The largest absolute Gasteiger partial charge is 0.458 e. The van der Waals surface area contributed by atoms with E-state index in [0.717, 1.165) is 29.3 Å². The molecule has 196 valence electrons. The molecular formula is C30H33IO6. The van der Waals surface area contributed by atoms with Crippen LogP contribution in [0.1, 0.15) is 76.1 Å². The second kappa shape index (κ2) is 9.47. The van der Waals surface area contributed by atoms with E-state index in [1.165, 1.54) is 18.1 Å². The lowest BCUT2D eigenvalue weighted by Gasteiger charge is -2.55. The molecule has 7 heteroatoms. The number of carbonyl (C=O) groups excluding carboxylic acids is 4. The smallest absolute Gasteiger partial charge is 0.339 e. The van der Waals surface area contributed by atoms with Crippen LogP contribution in [0.5, 0.6) is 0 Å². The normalized spacial score (nSPS) is 34.3. The minimum Gasteiger partial charge on any atom is -0.458 e. The summed E-state index contributed by atoms with van der Waals surface area (Å²) >= 11 is 2.15. The van der Waals surface area contributed by atoms with Crippen molar-refractivity contribution in [2.24, 2.45) is 22.7 Å². The molecule has 1 aromatic rings. The molecule has 2 saturated carbocycles. The lowest BCUT2D eigenvalue weighted by Crippen LogP contribution is -2.58. The van der Waals surface area contributed by atoms with Gasteiger partial charge in [-0.2, -0.15) is 0 Å². The zero-order valence-electron chi connectivity index (χ0n) is 21.6. The van der Waals surface area contributed by atoms with Gasteiger partial charge in [0.15, 0.2) is 18.0 Å². The first-order chi connectivity index (χ1) is 17.5. The Labute approximate surface area is 231 Å². The highest BCUT2D eigenvalue weighted by Gasteiger charge is 2.67. The molecule has 0 heterocycles. The van der Waals surface area contributed by atoms with E-state index in [-0.39, 0.29) is 28.8 Å². The van der Waals surface area contributed by atoms with Crippen LogP contribution in [0.25, 0.3) is 0 Å². The lowest BCUT2D eigenvalue weighted by atomic mass is 9.50. The van der Waals surface area contributed by atoms with E-state index in [9.17, 15) is 19.2 Å². The number of hydrogen-bond acceptors (Lipinski definition) is 6. The summed E-state index contributed by atoms with van der Waals surface area (Å²) in [6.07, 6.45) is 9.03. The molecule has 5 rings (SSSR count). The molecule has 0 amide bonds. The van der Waals surface area contributed by atoms with Crippen molar-refractivity contribution in [1.82, 2.24) is 0 Å². The highest BCUT2D eigenvalue weighted by Crippen LogP contribution is 2.66. The molecule has 5 atom stereocenters. The Morgan fingerprint density at radius 3 is 2.62 bits per heavy atom. The highest BCUT2D eigenvalue weighted by atomic mass is 127. The van der Waals surface area contributed by atoms with E-state index >= 15 is 0 Å². The van der Waals surface area contributed by atoms with Crippen molar-refractivity contribution in [2.45, 2.75) is 71.3 Å². The average molecular weight is 616 g/mol. The predicted octanol–water partition coefficient (Wildman–Crippen LogP) is 5.77. The van der Waals surface area contributed by atoms with Gasteiger partial charge in [-0.1, -0.05) is 37.1 Å². The number of halogens is 1. The van der Waals surface area contributed by atoms with E-state index in [1.54, 1.807) is 18.2 Å². The van der Waals surface area contributed by atoms with Gasteiger partial charge >= 0.3 is 11.9 Å². The number of rotatable bonds is 5. The summed E-state index contributed by atoms with van der Waals surface area (Å²) < 4.78 is 12.3. The summed E-state index contributed by atoms with van der Waals surface area (Å²) in [5.41, 5.74) is 0.882. The van der Waals surface area contributed by atoms with Gasteiger partial charge in [-0.3, -0.25) is 14.4 Å². The molecule has 0 N–H and O–H groups in total. The molecule has 2 fully saturated rings. The number of ether oxygens (including phenoxy) is 2. The topological polar surface area (TPSA) is 86.7 Å². The highest BCUT2D eigenvalue weighted by molar-refractivity contribution is 14.1. The SMILES string of the molecule is CC(=O)OCC(=O)[C@@]1(OC(=O)c2cccc(I)c2)CC[C@H]2[C@@H]3CCC4=CC(=O)CC[C@]4(C)C3=CC[C@@]21C. The van der Waals surface area contributed by atoms with Gasteiger partial charge in [-0.25, -0.2) is 4.79 Å². The van der Waals surface area contributed by atoms with Gasteiger partial charge < -0.3 is 9.47 Å². The Morgan fingerprint density at radius 2 is 1.89 bits per heavy atom. The first-order valence-corrected chi connectivity index (χ1v) is 14.2. The first-order valence-electron chi connectivity index (χ1n) is 13.1. The summed E-state index contributed by atoms with van der Waals surface area (Å²) in [7, 11) is 0. The third kappa shape index (κ3) is 4.21. The van der Waals surface area contributed by atoms with Crippen molar-refractivity contribution in [3.8, 4) is 0 Å². The van der Waals surface area contributed by atoms with Crippen LogP contribution in [0.2, 0.25) is 0 Å². The lowest BCUT2D eigenvalue weighted by molar-refractivity contribution is -0.163. The van der Waals surface area contributed by atoms with Gasteiger partial charge in [0.05, 0.1) is 5.56 Å². The van der Waals surface area contributed by atoms with Crippen LogP contribution >= 0.6 is 22.6 Å². The fourth-order valence-corrected chi connectivity index (χ4v) is 8.20. The van der Waals surface area contributed by atoms with Crippen molar-refractivity contribution < 1.29 is 28.7 Å². The van der Waals surface area contributed by atoms with E-state index < -0.39 is 29.6 Å². The second-order valence-corrected chi connectivity index (χ2v) is 12.7. The van der Waals surface area contributed by atoms with Gasteiger partial charge in [0, 0.05) is 27.7 Å². The minimum atomic E-state index is -1.38. The van der Waals surface area contributed by atoms with Crippen LogP contribution < -0.4 is 0 Å². The fraction of sp³-hybridized carbons (Fsp3) is 0.533. The number of Topliss-reactive ketones (excluding diaryl/α,β-unsaturated/α-hetero) is 1. The van der Waals surface area contributed by atoms with Gasteiger partial charge in [-0.05, 0) is 97.2 Å². The molecule has 37 heavy (non-hydrogen) atoms. The third-order valence-electron chi connectivity index (χ3n) is 9.64. The molecule has 0 unspecified atom stereocenters. The number of esters is 2. The molecule has 1 aromatic carbocycles. The molecule has 0 spiro atoms. The van der Waals surface area contributed by atoms with E-state index in [1.807, 2.05) is 12.1 Å². The Balaban J connectivity index is 1.54. The first kappa shape index (κ1) is 26.3. The number of allylic oxidation sites excluding steroid dienone is 4. The van der Waals surface area contributed by atoms with Crippen LogP contribution in [-0.4, -0.2) is 35.7 Å². The number of fused-ring (bicyclic) bond motifs is 5. The molecule has 0 aliphatic heterocycles. The second-order valence-electron chi connectivity index (χ2n) is 11.5. The predicted molar refractivity (Wildman–Crippen MR) is 146 cm³/mol. The fourth-order valence-electron chi connectivity index (χ4n) is 7.65. The van der Waals surface area contributed by atoms with Crippen molar-refractivity contribution in [3.05, 3.63) is 56.7 Å². The Hall–Kier alpha value is -2.29. The molecule has 0 aromatic heterocycles. The van der Waals surface area contributed by atoms with E-state index in [0.29, 0.717) is 24.8 Å². The number of hydrogen-bond donors (Lipinski definition) is 0. The van der Waals surface area contributed by atoms with Gasteiger partial charge in [-0.15, -0.1) is 0 Å². The third-order valence-corrected chi connectivity index (χ3v) is 10.3. The molecule has 6 nitrogen and oxygen atoms in total. The molecular weight excluding hydrogens is 583 g/mol.